The van der Waals surface area contributed by atoms with Crippen LogP contribution in [0.25, 0.3) is 0 Å². The Morgan fingerprint density at radius 1 is 0.946 bits per heavy atom. The highest BCUT2D eigenvalue weighted by Crippen LogP contribution is 2.31. The SMILES string of the molecule is Cc1ccccc1C(C(=O)NC1CCCCC1)N(C(=O)COCc1ccc(F)cc1)c1cccc(F)c1. The molecule has 37 heavy (non-hydrogen) atoms. The van der Waals surface area contributed by atoms with E-state index < -0.39 is 17.8 Å². The van der Waals surface area contributed by atoms with Crippen molar-refractivity contribution in [2.75, 3.05) is 11.5 Å². The van der Waals surface area contributed by atoms with Crippen molar-refractivity contribution >= 4 is 17.5 Å². The summed E-state index contributed by atoms with van der Waals surface area (Å²) in [5.41, 5.74) is 2.47. The van der Waals surface area contributed by atoms with Gasteiger partial charge in [-0.05, 0) is 66.8 Å². The van der Waals surface area contributed by atoms with E-state index in [2.05, 4.69) is 5.32 Å². The zero-order chi connectivity index (χ0) is 26.2. The molecule has 2 amide bonds. The maximum absolute atomic E-state index is 14.3. The molecule has 7 heteroatoms. The first-order valence-electron chi connectivity index (χ1n) is 12.7. The monoisotopic (exact) mass is 506 g/mol. The lowest BCUT2D eigenvalue weighted by Crippen LogP contribution is -2.48. The number of hydrogen-bond acceptors (Lipinski definition) is 3. The van der Waals surface area contributed by atoms with Crippen molar-refractivity contribution in [2.24, 2.45) is 0 Å². The van der Waals surface area contributed by atoms with Crippen molar-refractivity contribution in [1.82, 2.24) is 5.32 Å². The average Bonchev–Trinajstić information content (AvgIpc) is 2.89. The first-order valence-corrected chi connectivity index (χ1v) is 12.7. The molecule has 1 atom stereocenters. The number of aryl methyl sites for hydroxylation is 1. The van der Waals surface area contributed by atoms with Gasteiger partial charge in [0, 0.05) is 11.7 Å². The van der Waals surface area contributed by atoms with Crippen LogP contribution in [0.2, 0.25) is 0 Å². The van der Waals surface area contributed by atoms with Gasteiger partial charge in [0.15, 0.2) is 0 Å². The van der Waals surface area contributed by atoms with Crippen molar-refractivity contribution in [3.05, 3.63) is 101 Å². The van der Waals surface area contributed by atoms with E-state index in [-0.39, 0.29) is 36.7 Å². The van der Waals surface area contributed by atoms with E-state index in [0.717, 1.165) is 37.7 Å². The zero-order valence-electron chi connectivity index (χ0n) is 21.0. The molecule has 0 radical (unpaired) electrons. The molecule has 5 nitrogen and oxygen atoms in total. The first kappa shape index (κ1) is 26.5. The summed E-state index contributed by atoms with van der Waals surface area (Å²) in [6, 6.07) is 17.9. The van der Waals surface area contributed by atoms with Crippen LogP contribution in [0.1, 0.15) is 54.8 Å². The predicted octanol–water partition coefficient (Wildman–Crippen LogP) is 6.01. The summed E-state index contributed by atoms with van der Waals surface area (Å²) in [6.07, 6.45) is 5.02. The minimum Gasteiger partial charge on any atom is -0.367 e. The third kappa shape index (κ3) is 7.01. The van der Waals surface area contributed by atoms with Gasteiger partial charge in [-0.2, -0.15) is 0 Å². The molecule has 0 heterocycles. The van der Waals surface area contributed by atoms with Crippen LogP contribution < -0.4 is 10.2 Å². The summed E-state index contributed by atoms with van der Waals surface area (Å²) in [7, 11) is 0. The molecule has 1 unspecified atom stereocenters. The number of nitrogens with one attached hydrogen (secondary N) is 1. The molecule has 1 aliphatic carbocycles. The number of carbonyl (C=O) groups excluding carboxylic acids is 2. The molecule has 1 N–H and O–H groups in total. The van der Waals surface area contributed by atoms with Gasteiger partial charge in [-0.3, -0.25) is 14.5 Å². The third-order valence-electron chi connectivity index (χ3n) is 6.70. The number of halogens is 2. The van der Waals surface area contributed by atoms with Crippen molar-refractivity contribution < 1.29 is 23.1 Å². The van der Waals surface area contributed by atoms with E-state index in [4.69, 9.17) is 4.74 Å². The van der Waals surface area contributed by atoms with E-state index >= 15 is 0 Å². The smallest absolute Gasteiger partial charge is 0.254 e. The lowest BCUT2D eigenvalue weighted by Gasteiger charge is -2.34. The second-order valence-corrected chi connectivity index (χ2v) is 9.47. The number of hydrogen-bond donors (Lipinski definition) is 1. The standard InChI is InChI=1S/C30H32F2N2O3/c1-21-8-5-6-13-27(21)29(30(36)33-25-10-3-2-4-11-25)34(26-12-7-9-24(32)18-26)28(35)20-37-19-22-14-16-23(31)17-15-22/h5-9,12-18,25,29H,2-4,10-11,19-20H2,1H3,(H,33,36). The molecule has 1 fully saturated rings. The van der Waals surface area contributed by atoms with Gasteiger partial charge in [-0.1, -0.05) is 61.7 Å². The van der Waals surface area contributed by atoms with Crippen LogP contribution in [0.15, 0.2) is 72.8 Å². The van der Waals surface area contributed by atoms with Gasteiger partial charge in [0.2, 0.25) is 5.91 Å². The number of carbonyl (C=O) groups is 2. The van der Waals surface area contributed by atoms with Crippen molar-refractivity contribution in [1.29, 1.82) is 0 Å². The van der Waals surface area contributed by atoms with Crippen LogP contribution in [0.4, 0.5) is 14.5 Å². The maximum atomic E-state index is 14.3. The Balaban J connectivity index is 1.65. The number of rotatable bonds is 9. The van der Waals surface area contributed by atoms with Gasteiger partial charge >= 0.3 is 0 Å². The summed E-state index contributed by atoms with van der Waals surface area (Å²) in [5, 5.41) is 3.15. The molecule has 0 spiro atoms. The van der Waals surface area contributed by atoms with Gasteiger partial charge in [0.05, 0.1) is 6.61 Å². The molecule has 1 aliphatic rings. The van der Waals surface area contributed by atoms with Crippen LogP contribution in [-0.4, -0.2) is 24.5 Å². The largest absolute Gasteiger partial charge is 0.367 e. The number of benzene rings is 3. The number of amides is 2. The van der Waals surface area contributed by atoms with Crippen molar-refractivity contribution in [3.8, 4) is 0 Å². The molecular formula is C30H32F2N2O3. The average molecular weight is 507 g/mol. The predicted molar refractivity (Wildman–Crippen MR) is 139 cm³/mol. The van der Waals surface area contributed by atoms with Crippen LogP contribution >= 0.6 is 0 Å². The molecule has 0 aromatic heterocycles. The van der Waals surface area contributed by atoms with Gasteiger partial charge in [-0.15, -0.1) is 0 Å². The van der Waals surface area contributed by atoms with Crippen molar-refractivity contribution in [3.63, 3.8) is 0 Å². The Labute approximate surface area is 216 Å². The summed E-state index contributed by atoms with van der Waals surface area (Å²) in [6.45, 7) is 1.63. The van der Waals surface area contributed by atoms with E-state index in [0.29, 0.717) is 11.1 Å². The zero-order valence-corrected chi connectivity index (χ0v) is 21.0. The van der Waals surface area contributed by atoms with Gasteiger partial charge in [0.1, 0.15) is 24.3 Å². The third-order valence-corrected chi connectivity index (χ3v) is 6.70. The molecule has 4 rings (SSSR count). The fourth-order valence-corrected chi connectivity index (χ4v) is 4.79. The summed E-state index contributed by atoms with van der Waals surface area (Å²) >= 11 is 0. The van der Waals surface area contributed by atoms with E-state index in [1.165, 1.54) is 35.2 Å². The van der Waals surface area contributed by atoms with E-state index in [1.54, 1.807) is 18.2 Å². The lowest BCUT2D eigenvalue weighted by molar-refractivity contribution is -0.129. The first-order chi connectivity index (χ1) is 17.9. The quantitative estimate of drug-likeness (QED) is 0.387. The van der Waals surface area contributed by atoms with Gasteiger partial charge in [-0.25, -0.2) is 8.78 Å². The molecule has 1 saturated carbocycles. The second kappa shape index (κ2) is 12.6. The fraction of sp³-hybridized carbons (Fsp3) is 0.333. The summed E-state index contributed by atoms with van der Waals surface area (Å²) in [4.78, 5) is 28.8. The van der Waals surface area contributed by atoms with E-state index in [1.807, 2.05) is 31.2 Å². The minimum atomic E-state index is -1.01. The molecule has 0 aliphatic heterocycles. The Bertz CT molecular complexity index is 1210. The Hall–Kier alpha value is -3.58. The van der Waals surface area contributed by atoms with Crippen molar-refractivity contribution in [2.45, 2.75) is 57.7 Å². The second-order valence-electron chi connectivity index (χ2n) is 9.47. The molecule has 0 bridgehead atoms. The topological polar surface area (TPSA) is 58.6 Å². The summed E-state index contributed by atoms with van der Waals surface area (Å²) in [5.74, 6) is -1.67. The fourth-order valence-electron chi connectivity index (χ4n) is 4.79. The van der Waals surface area contributed by atoms with Crippen LogP contribution in [0, 0.1) is 18.6 Å². The lowest BCUT2D eigenvalue weighted by atomic mass is 9.93. The molecule has 194 valence electrons. The Morgan fingerprint density at radius 2 is 1.68 bits per heavy atom. The molecule has 3 aromatic carbocycles. The van der Waals surface area contributed by atoms with Crippen LogP contribution in [-0.2, 0) is 20.9 Å². The van der Waals surface area contributed by atoms with Gasteiger partial charge < -0.3 is 10.1 Å². The number of ether oxygens (including phenoxy) is 1. The van der Waals surface area contributed by atoms with Crippen LogP contribution in [0.3, 0.4) is 0 Å². The molecule has 3 aromatic rings. The minimum absolute atomic E-state index is 0.0342. The molecular weight excluding hydrogens is 474 g/mol. The number of anilines is 1. The summed E-state index contributed by atoms with van der Waals surface area (Å²) < 4.78 is 33.2. The Kier molecular flexibility index (Phi) is 9.01. The Morgan fingerprint density at radius 3 is 2.38 bits per heavy atom. The van der Waals surface area contributed by atoms with Gasteiger partial charge in [0.25, 0.3) is 5.91 Å². The highest BCUT2D eigenvalue weighted by Gasteiger charge is 2.35. The maximum Gasteiger partial charge on any atom is 0.254 e. The normalized spacial score (nSPS) is 14.7. The highest BCUT2D eigenvalue weighted by atomic mass is 19.1. The van der Waals surface area contributed by atoms with Crippen LogP contribution in [0.5, 0.6) is 0 Å². The highest BCUT2D eigenvalue weighted by molar-refractivity contribution is 6.02. The molecule has 0 saturated heterocycles. The van der Waals surface area contributed by atoms with E-state index in [9.17, 15) is 18.4 Å². The number of nitrogens with zero attached hydrogens (tertiary/aromatic N) is 1.